The molecule has 9 nitrogen and oxygen atoms in total. The van der Waals surface area contributed by atoms with Gasteiger partial charge in [0.2, 0.25) is 10.0 Å². The number of sulfonamides is 1. The predicted octanol–water partition coefficient (Wildman–Crippen LogP) is -0.736. The summed E-state index contributed by atoms with van der Waals surface area (Å²) < 4.78 is 34.4. The van der Waals surface area contributed by atoms with Gasteiger partial charge in [0.25, 0.3) is 0 Å². The minimum atomic E-state index is -4.23. The van der Waals surface area contributed by atoms with Gasteiger partial charge in [0.15, 0.2) is 5.25 Å². The quantitative estimate of drug-likeness (QED) is 0.529. The molecule has 0 fully saturated rings. The molecule has 1 unspecified atom stereocenters. The number of aliphatic carboxylic acids is 1. The van der Waals surface area contributed by atoms with Crippen LogP contribution in [0.25, 0.3) is 0 Å². The van der Waals surface area contributed by atoms with Crippen molar-refractivity contribution in [2.75, 3.05) is 13.7 Å². The van der Waals surface area contributed by atoms with Gasteiger partial charge in [-0.2, -0.15) is 0 Å². The van der Waals surface area contributed by atoms with Gasteiger partial charge in [-0.25, -0.2) is 13.1 Å². The van der Waals surface area contributed by atoms with Crippen LogP contribution in [0.1, 0.15) is 26.7 Å². The first-order valence-electron chi connectivity index (χ1n) is 6.13. The van der Waals surface area contributed by atoms with Crippen molar-refractivity contribution in [1.29, 1.82) is 0 Å². The molecule has 10 heteroatoms. The molecular weight excluding hydrogens is 306 g/mol. The van der Waals surface area contributed by atoms with Crippen molar-refractivity contribution in [2.24, 2.45) is 0 Å². The molecule has 0 bridgehead atoms. The summed E-state index contributed by atoms with van der Waals surface area (Å²) >= 11 is 0. The third-order valence-electron chi connectivity index (χ3n) is 2.55. The van der Waals surface area contributed by atoms with E-state index in [-0.39, 0.29) is 19.4 Å². The van der Waals surface area contributed by atoms with Gasteiger partial charge in [-0.05, 0) is 20.3 Å². The normalized spacial score (nSPS) is 14.0. The second-order valence-electron chi connectivity index (χ2n) is 4.06. The molecule has 0 aromatic heterocycles. The van der Waals surface area contributed by atoms with Crippen LogP contribution in [0.5, 0.6) is 0 Å². The van der Waals surface area contributed by atoms with Gasteiger partial charge in [-0.15, -0.1) is 0 Å². The summed E-state index contributed by atoms with van der Waals surface area (Å²) in [5.74, 6) is -3.11. The monoisotopic (exact) mass is 325 g/mol. The van der Waals surface area contributed by atoms with Crippen LogP contribution in [-0.4, -0.2) is 56.4 Å². The Morgan fingerprint density at radius 3 is 2.29 bits per heavy atom. The SMILES string of the molecule is CCOC(=O)CC[C@H](NS(=O)(=O)C(C)C(=O)OC)C(=O)O. The maximum absolute atomic E-state index is 11.8. The Bertz CT molecular complexity index is 486. The highest BCUT2D eigenvalue weighted by Crippen LogP contribution is 2.07. The van der Waals surface area contributed by atoms with E-state index in [9.17, 15) is 22.8 Å². The van der Waals surface area contributed by atoms with Crippen molar-refractivity contribution in [3.63, 3.8) is 0 Å². The highest BCUT2D eigenvalue weighted by atomic mass is 32.2. The summed E-state index contributed by atoms with van der Waals surface area (Å²) in [7, 11) is -3.22. The minimum absolute atomic E-state index is 0.141. The number of hydrogen-bond acceptors (Lipinski definition) is 7. The van der Waals surface area contributed by atoms with E-state index in [4.69, 9.17) is 5.11 Å². The van der Waals surface area contributed by atoms with E-state index in [1.165, 1.54) is 0 Å². The number of rotatable bonds is 9. The number of ether oxygens (including phenoxy) is 2. The summed E-state index contributed by atoms with van der Waals surface area (Å²) in [6, 6.07) is -1.54. The number of carboxylic acid groups (broad SMARTS) is 1. The van der Waals surface area contributed by atoms with Gasteiger partial charge in [0, 0.05) is 6.42 Å². The maximum atomic E-state index is 11.8. The highest BCUT2D eigenvalue weighted by molar-refractivity contribution is 7.90. The molecule has 2 N–H and O–H groups in total. The van der Waals surface area contributed by atoms with Crippen LogP contribution in [-0.2, 0) is 33.9 Å². The van der Waals surface area contributed by atoms with Crippen LogP contribution in [0.3, 0.4) is 0 Å². The molecule has 0 aromatic carbocycles. The van der Waals surface area contributed by atoms with Crippen LogP contribution in [0.2, 0.25) is 0 Å². The zero-order chi connectivity index (χ0) is 16.6. The fourth-order valence-electron chi connectivity index (χ4n) is 1.32. The molecule has 0 heterocycles. The fraction of sp³-hybridized carbons (Fsp3) is 0.727. The lowest BCUT2D eigenvalue weighted by atomic mass is 10.2. The molecule has 21 heavy (non-hydrogen) atoms. The molecule has 2 atom stereocenters. The molecule has 0 aromatic rings. The van der Waals surface area contributed by atoms with E-state index >= 15 is 0 Å². The van der Waals surface area contributed by atoms with Crippen molar-refractivity contribution >= 4 is 27.9 Å². The van der Waals surface area contributed by atoms with Crippen molar-refractivity contribution in [3.8, 4) is 0 Å². The van der Waals surface area contributed by atoms with Gasteiger partial charge in [0.1, 0.15) is 6.04 Å². The third-order valence-corrected chi connectivity index (χ3v) is 4.28. The molecule has 0 saturated heterocycles. The average Bonchev–Trinajstić information content (AvgIpc) is 2.41. The minimum Gasteiger partial charge on any atom is -0.480 e. The Hall–Kier alpha value is -1.68. The molecule has 122 valence electrons. The Labute approximate surface area is 122 Å². The van der Waals surface area contributed by atoms with Gasteiger partial charge in [-0.1, -0.05) is 0 Å². The molecule has 0 rings (SSSR count). The number of hydrogen-bond donors (Lipinski definition) is 2. The van der Waals surface area contributed by atoms with Crippen molar-refractivity contribution < 1.29 is 37.4 Å². The highest BCUT2D eigenvalue weighted by Gasteiger charge is 2.33. The summed E-state index contributed by atoms with van der Waals surface area (Å²) in [5.41, 5.74) is 0. The van der Waals surface area contributed by atoms with Crippen molar-refractivity contribution in [3.05, 3.63) is 0 Å². The lowest BCUT2D eigenvalue weighted by molar-refractivity contribution is -0.144. The fourth-order valence-corrected chi connectivity index (χ4v) is 2.49. The Kier molecular flexibility index (Phi) is 7.89. The van der Waals surface area contributed by atoms with E-state index in [0.29, 0.717) is 0 Å². The van der Waals surface area contributed by atoms with Crippen LogP contribution in [0, 0.1) is 0 Å². The van der Waals surface area contributed by atoms with E-state index < -0.39 is 39.2 Å². The summed E-state index contributed by atoms with van der Waals surface area (Å²) in [6.45, 7) is 2.80. The second kappa shape index (κ2) is 8.57. The van der Waals surface area contributed by atoms with Gasteiger partial charge < -0.3 is 14.6 Å². The number of carbonyl (C=O) groups excluding carboxylic acids is 2. The second-order valence-corrected chi connectivity index (χ2v) is 6.10. The van der Waals surface area contributed by atoms with Crippen LogP contribution in [0.4, 0.5) is 0 Å². The molecule has 0 saturated carbocycles. The van der Waals surface area contributed by atoms with Gasteiger partial charge in [0.05, 0.1) is 13.7 Å². The average molecular weight is 325 g/mol. The molecular formula is C11H19NO8S. The predicted molar refractivity (Wildman–Crippen MR) is 70.8 cm³/mol. The molecule has 0 radical (unpaired) electrons. The topological polar surface area (TPSA) is 136 Å². The molecule has 0 aliphatic rings. The number of carboxylic acids is 1. The number of carbonyl (C=O) groups is 3. The van der Waals surface area contributed by atoms with Crippen LogP contribution < -0.4 is 4.72 Å². The zero-order valence-corrected chi connectivity index (χ0v) is 12.8. The van der Waals surface area contributed by atoms with Gasteiger partial charge in [-0.3, -0.25) is 14.4 Å². The first-order valence-corrected chi connectivity index (χ1v) is 7.67. The number of nitrogens with one attached hydrogen (secondary N) is 1. The number of esters is 2. The zero-order valence-electron chi connectivity index (χ0n) is 12.0. The largest absolute Gasteiger partial charge is 0.480 e. The number of methoxy groups -OCH3 is 1. The van der Waals surface area contributed by atoms with Crippen LogP contribution >= 0.6 is 0 Å². The Morgan fingerprint density at radius 2 is 1.86 bits per heavy atom. The van der Waals surface area contributed by atoms with E-state index in [2.05, 4.69) is 9.47 Å². The Balaban J connectivity index is 4.81. The maximum Gasteiger partial charge on any atom is 0.325 e. The molecule has 0 aliphatic carbocycles. The smallest absolute Gasteiger partial charge is 0.325 e. The summed E-state index contributed by atoms with van der Waals surface area (Å²) in [4.78, 5) is 33.4. The van der Waals surface area contributed by atoms with Gasteiger partial charge >= 0.3 is 17.9 Å². The van der Waals surface area contributed by atoms with Crippen LogP contribution in [0.15, 0.2) is 0 Å². The van der Waals surface area contributed by atoms with E-state index in [1.807, 2.05) is 4.72 Å². The van der Waals surface area contributed by atoms with Crippen molar-refractivity contribution in [1.82, 2.24) is 4.72 Å². The van der Waals surface area contributed by atoms with Crippen molar-refractivity contribution in [2.45, 2.75) is 38.0 Å². The Morgan fingerprint density at radius 1 is 1.29 bits per heavy atom. The molecule has 0 spiro atoms. The van der Waals surface area contributed by atoms with E-state index in [1.54, 1.807) is 6.92 Å². The molecule has 0 aliphatic heterocycles. The lowest BCUT2D eigenvalue weighted by Gasteiger charge is -2.17. The molecule has 0 amide bonds. The summed E-state index contributed by atoms with van der Waals surface area (Å²) in [5, 5.41) is 7.40. The summed E-state index contributed by atoms with van der Waals surface area (Å²) in [6.07, 6.45) is -0.554. The standard InChI is InChI=1S/C11H19NO8S/c1-4-20-9(13)6-5-8(10(14)15)12-21(17,18)7(2)11(16)19-3/h7-8,12H,4-6H2,1-3H3,(H,14,15)/t7?,8-/m0/s1. The lowest BCUT2D eigenvalue weighted by Crippen LogP contribution is -2.46. The first-order chi connectivity index (χ1) is 9.65. The first kappa shape index (κ1) is 19.3. The third kappa shape index (κ3) is 6.54. The van der Waals surface area contributed by atoms with E-state index in [0.717, 1.165) is 14.0 Å².